The van der Waals surface area contributed by atoms with Crippen LogP contribution in [0.4, 0.5) is 0 Å². The van der Waals surface area contributed by atoms with Gasteiger partial charge in [0.2, 0.25) is 11.7 Å². The van der Waals surface area contributed by atoms with E-state index in [0.29, 0.717) is 17.6 Å². The zero-order chi connectivity index (χ0) is 12.4. The van der Waals surface area contributed by atoms with Crippen molar-refractivity contribution >= 4 is 0 Å². The number of nitrogens with two attached hydrogens (primary N) is 1. The Morgan fingerprint density at radius 2 is 2.24 bits per heavy atom. The van der Waals surface area contributed by atoms with Gasteiger partial charge in [-0.2, -0.15) is 4.98 Å². The quantitative estimate of drug-likeness (QED) is 0.868. The van der Waals surface area contributed by atoms with E-state index in [1.165, 1.54) is 0 Å². The third-order valence-electron chi connectivity index (χ3n) is 2.53. The van der Waals surface area contributed by atoms with Crippen molar-refractivity contribution in [3.05, 3.63) is 18.4 Å². The summed E-state index contributed by atoms with van der Waals surface area (Å²) in [5.74, 6) is 1.51. The fraction of sp³-hybridized carbons (Fsp3) is 0.545. The Kier molecular flexibility index (Phi) is 3.23. The monoisotopic (exact) mass is 235 g/mol. The summed E-state index contributed by atoms with van der Waals surface area (Å²) in [6.07, 6.45) is 4.22. The smallest absolute Gasteiger partial charge is 0.243 e. The predicted molar refractivity (Wildman–Crippen MR) is 62.9 cm³/mol. The molecule has 2 rings (SSSR count). The molecule has 2 N–H and O–H groups in total. The number of nitrogens with zero attached hydrogens (tertiary/aromatic N) is 4. The zero-order valence-corrected chi connectivity index (χ0v) is 10.3. The van der Waals surface area contributed by atoms with Gasteiger partial charge in [0.15, 0.2) is 0 Å². The third kappa shape index (κ3) is 2.52. The second-order valence-electron chi connectivity index (χ2n) is 4.58. The Balaban J connectivity index is 2.19. The van der Waals surface area contributed by atoms with Crippen molar-refractivity contribution in [3.8, 4) is 11.5 Å². The molecule has 2 aromatic heterocycles. The second-order valence-corrected chi connectivity index (χ2v) is 4.58. The summed E-state index contributed by atoms with van der Waals surface area (Å²) in [5.41, 5.74) is 6.80. The van der Waals surface area contributed by atoms with E-state index in [4.69, 9.17) is 10.3 Å². The van der Waals surface area contributed by atoms with Gasteiger partial charge in [0.25, 0.3) is 0 Å². The summed E-state index contributed by atoms with van der Waals surface area (Å²) < 4.78 is 7.01. The van der Waals surface area contributed by atoms with Crippen LogP contribution >= 0.6 is 0 Å². The highest BCUT2D eigenvalue weighted by Crippen LogP contribution is 2.20. The van der Waals surface area contributed by atoms with Gasteiger partial charge >= 0.3 is 0 Å². The lowest BCUT2D eigenvalue weighted by Crippen LogP contribution is -2.13. The van der Waals surface area contributed by atoms with Gasteiger partial charge in [0, 0.05) is 7.05 Å². The standard InChI is InChI=1S/C11H17N5O/c1-7(2)4-8(12)11-14-10(15-17-11)9-5-13-6-16(9)3/h5-8H,4,12H2,1-3H3. The van der Waals surface area contributed by atoms with Crippen molar-refractivity contribution in [2.75, 3.05) is 0 Å². The molecule has 0 saturated carbocycles. The average molecular weight is 235 g/mol. The van der Waals surface area contributed by atoms with Crippen LogP contribution in [0.1, 0.15) is 32.2 Å². The lowest BCUT2D eigenvalue weighted by Gasteiger charge is -2.08. The fourth-order valence-electron chi connectivity index (χ4n) is 1.67. The maximum atomic E-state index is 5.98. The van der Waals surface area contributed by atoms with Crippen molar-refractivity contribution in [1.29, 1.82) is 0 Å². The van der Waals surface area contributed by atoms with E-state index >= 15 is 0 Å². The van der Waals surface area contributed by atoms with Crippen molar-refractivity contribution < 1.29 is 4.52 Å². The molecule has 0 aliphatic heterocycles. The molecule has 1 unspecified atom stereocenters. The molecule has 0 radical (unpaired) electrons. The Labute approximate surface area is 99.8 Å². The van der Waals surface area contributed by atoms with Crippen LogP contribution in [-0.4, -0.2) is 19.7 Å². The molecule has 0 aliphatic rings. The molecule has 6 nitrogen and oxygen atoms in total. The number of hydrogen-bond donors (Lipinski definition) is 1. The molecule has 0 fully saturated rings. The number of aromatic nitrogens is 4. The van der Waals surface area contributed by atoms with Gasteiger partial charge in [0.05, 0.1) is 18.6 Å². The van der Waals surface area contributed by atoms with Crippen LogP contribution in [0, 0.1) is 5.92 Å². The first-order valence-corrected chi connectivity index (χ1v) is 5.63. The van der Waals surface area contributed by atoms with Crippen molar-refractivity contribution in [1.82, 2.24) is 19.7 Å². The summed E-state index contributed by atoms with van der Waals surface area (Å²) in [6.45, 7) is 4.22. The molecule has 6 heteroatoms. The maximum absolute atomic E-state index is 5.98. The minimum absolute atomic E-state index is 0.204. The van der Waals surface area contributed by atoms with E-state index in [2.05, 4.69) is 29.0 Å². The lowest BCUT2D eigenvalue weighted by atomic mass is 10.0. The van der Waals surface area contributed by atoms with Gasteiger partial charge in [-0.1, -0.05) is 19.0 Å². The van der Waals surface area contributed by atoms with Crippen LogP contribution < -0.4 is 5.73 Å². The number of rotatable bonds is 4. The summed E-state index contributed by atoms with van der Waals surface area (Å²) in [4.78, 5) is 8.31. The van der Waals surface area contributed by atoms with E-state index in [1.807, 2.05) is 11.6 Å². The Morgan fingerprint density at radius 3 is 2.82 bits per heavy atom. The maximum Gasteiger partial charge on any atom is 0.243 e. The lowest BCUT2D eigenvalue weighted by molar-refractivity contribution is 0.335. The van der Waals surface area contributed by atoms with E-state index in [1.54, 1.807) is 12.5 Å². The SMILES string of the molecule is CC(C)CC(N)c1nc(-c2cncn2C)no1. The minimum atomic E-state index is -0.204. The van der Waals surface area contributed by atoms with Crippen LogP contribution in [0.25, 0.3) is 11.5 Å². The molecule has 0 spiro atoms. The molecule has 17 heavy (non-hydrogen) atoms. The fourth-order valence-corrected chi connectivity index (χ4v) is 1.67. The number of aryl methyl sites for hydroxylation is 1. The first-order valence-electron chi connectivity index (χ1n) is 5.63. The average Bonchev–Trinajstić information content (AvgIpc) is 2.84. The van der Waals surface area contributed by atoms with E-state index in [0.717, 1.165) is 12.1 Å². The van der Waals surface area contributed by atoms with Gasteiger partial charge in [-0.25, -0.2) is 4.98 Å². The van der Waals surface area contributed by atoms with E-state index in [-0.39, 0.29) is 6.04 Å². The summed E-state index contributed by atoms with van der Waals surface area (Å²) >= 11 is 0. The Hall–Kier alpha value is -1.69. The second kappa shape index (κ2) is 4.67. The van der Waals surface area contributed by atoms with E-state index in [9.17, 15) is 0 Å². The number of imidazole rings is 1. The van der Waals surface area contributed by atoms with Gasteiger partial charge in [-0.3, -0.25) is 0 Å². The first kappa shape index (κ1) is 11.8. The molecule has 0 bridgehead atoms. The molecule has 0 amide bonds. The van der Waals surface area contributed by atoms with Crippen LogP contribution in [0.15, 0.2) is 17.0 Å². The molecule has 92 valence electrons. The number of hydrogen-bond acceptors (Lipinski definition) is 5. The van der Waals surface area contributed by atoms with Gasteiger partial charge in [0.1, 0.15) is 5.69 Å². The van der Waals surface area contributed by atoms with Crippen molar-refractivity contribution in [2.45, 2.75) is 26.3 Å². The van der Waals surface area contributed by atoms with Crippen molar-refractivity contribution in [3.63, 3.8) is 0 Å². The highest BCUT2D eigenvalue weighted by atomic mass is 16.5. The van der Waals surface area contributed by atoms with Gasteiger partial charge in [-0.05, 0) is 12.3 Å². The topological polar surface area (TPSA) is 82.8 Å². The highest BCUT2D eigenvalue weighted by Gasteiger charge is 2.17. The molecular formula is C11H17N5O. The zero-order valence-electron chi connectivity index (χ0n) is 10.3. The Morgan fingerprint density at radius 1 is 1.47 bits per heavy atom. The van der Waals surface area contributed by atoms with Crippen LogP contribution in [0.3, 0.4) is 0 Å². The van der Waals surface area contributed by atoms with Gasteiger partial charge < -0.3 is 14.8 Å². The van der Waals surface area contributed by atoms with Crippen LogP contribution in [0.2, 0.25) is 0 Å². The predicted octanol–water partition coefficient (Wildman–Crippen LogP) is 1.52. The summed E-state index contributed by atoms with van der Waals surface area (Å²) in [7, 11) is 1.88. The first-order chi connectivity index (χ1) is 8.08. The molecule has 1 atom stereocenters. The Bertz CT molecular complexity index is 488. The molecule has 2 heterocycles. The van der Waals surface area contributed by atoms with Crippen LogP contribution in [0.5, 0.6) is 0 Å². The summed E-state index contributed by atoms with van der Waals surface area (Å²) in [5, 5.41) is 3.92. The normalized spacial score (nSPS) is 13.2. The summed E-state index contributed by atoms with van der Waals surface area (Å²) in [6, 6.07) is -0.204. The van der Waals surface area contributed by atoms with E-state index < -0.39 is 0 Å². The van der Waals surface area contributed by atoms with Crippen molar-refractivity contribution in [2.24, 2.45) is 18.7 Å². The van der Waals surface area contributed by atoms with Crippen LogP contribution in [-0.2, 0) is 7.05 Å². The molecule has 2 aromatic rings. The minimum Gasteiger partial charge on any atom is -0.337 e. The molecular weight excluding hydrogens is 218 g/mol. The largest absolute Gasteiger partial charge is 0.337 e. The molecule has 0 aromatic carbocycles. The highest BCUT2D eigenvalue weighted by molar-refractivity contribution is 5.47. The van der Waals surface area contributed by atoms with Gasteiger partial charge in [-0.15, -0.1) is 0 Å². The third-order valence-corrected chi connectivity index (χ3v) is 2.53. The molecule has 0 saturated heterocycles. The molecule has 0 aliphatic carbocycles.